The van der Waals surface area contributed by atoms with Gasteiger partial charge in [-0.15, -0.1) is 10.2 Å². The van der Waals surface area contributed by atoms with Crippen LogP contribution in [0.1, 0.15) is 51.4 Å². The summed E-state index contributed by atoms with van der Waals surface area (Å²) in [7, 11) is 0. The van der Waals surface area contributed by atoms with Crippen LogP contribution in [0.2, 0.25) is 0 Å². The fourth-order valence-electron chi connectivity index (χ4n) is 4.22. The fourth-order valence-corrected chi connectivity index (χ4v) is 4.22. The Hall–Kier alpha value is -2.38. The molecule has 3 fully saturated rings. The van der Waals surface area contributed by atoms with Crippen LogP contribution in [0.3, 0.4) is 0 Å². The Bertz CT molecular complexity index is 693. The van der Waals surface area contributed by atoms with E-state index in [1.165, 1.54) is 32.1 Å². The van der Waals surface area contributed by atoms with Gasteiger partial charge in [-0.1, -0.05) is 32.1 Å². The van der Waals surface area contributed by atoms with Gasteiger partial charge in [-0.25, -0.2) is 4.79 Å². The minimum Gasteiger partial charge on any atom is -0.390 e. The third kappa shape index (κ3) is 5.58. The van der Waals surface area contributed by atoms with Crippen molar-refractivity contribution in [1.82, 2.24) is 20.4 Å². The van der Waals surface area contributed by atoms with Crippen LogP contribution in [-0.4, -0.2) is 59.8 Å². The van der Waals surface area contributed by atoms with Gasteiger partial charge in [-0.2, -0.15) is 0 Å². The van der Waals surface area contributed by atoms with Crippen molar-refractivity contribution in [3.05, 3.63) is 12.1 Å². The third-order valence-electron chi connectivity index (χ3n) is 6.21. The van der Waals surface area contributed by atoms with Crippen LogP contribution >= 0.6 is 0 Å². The highest BCUT2D eigenvalue weighted by Crippen LogP contribution is 2.31. The first-order valence-corrected chi connectivity index (χ1v) is 11.0. The van der Waals surface area contributed by atoms with Gasteiger partial charge in [0.2, 0.25) is 11.8 Å². The van der Waals surface area contributed by atoms with Gasteiger partial charge >= 0.3 is 6.09 Å². The van der Waals surface area contributed by atoms with E-state index < -0.39 is 6.09 Å². The van der Waals surface area contributed by atoms with Gasteiger partial charge in [0.15, 0.2) is 5.82 Å². The number of piperazine rings is 1. The third-order valence-corrected chi connectivity index (χ3v) is 6.21. The molecule has 1 saturated heterocycles. The molecule has 2 amide bonds. The normalized spacial score (nSPS) is 20.4. The molecule has 0 spiro atoms. The van der Waals surface area contributed by atoms with E-state index in [9.17, 15) is 9.59 Å². The fraction of sp³-hybridized carbons (Fsp3) is 0.714. The van der Waals surface area contributed by atoms with Crippen molar-refractivity contribution in [3.8, 4) is 5.88 Å². The Labute approximate surface area is 172 Å². The molecule has 0 atom stereocenters. The van der Waals surface area contributed by atoms with Crippen LogP contribution in [-0.2, 0) is 4.79 Å². The van der Waals surface area contributed by atoms with Gasteiger partial charge < -0.3 is 19.9 Å². The highest BCUT2D eigenvalue weighted by molar-refractivity contribution is 5.79. The maximum absolute atomic E-state index is 12.7. The smallest absolute Gasteiger partial charge is 0.390 e. The Balaban J connectivity index is 1.21. The summed E-state index contributed by atoms with van der Waals surface area (Å²) >= 11 is 0. The number of nitrogens with zero attached hydrogens (tertiary/aromatic N) is 4. The second-order valence-corrected chi connectivity index (χ2v) is 8.43. The number of carbonyl (C=O) groups excluding carboxylic acids is 2. The van der Waals surface area contributed by atoms with Gasteiger partial charge in [0.05, 0.1) is 0 Å². The van der Waals surface area contributed by atoms with E-state index in [-0.39, 0.29) is 11.8 Å². The van der Waals surface area contributed by atoms with Crippen LogP contribution in [0.4, 0.5) is 10.6 Å². The number of nitrogens with one attached hydrogen (secondary N) is 1. The van der Waals surface area contributed by atoms with Crippen LogP contribution in [0.25, 0.3) is 0 Å². The van der Waals surface area contributed by atoms with Gasteiger partial charge in [0, 0.05) is 44.7 Å². The monoisotopic (exact) mass is 401 g/mol. The molecule has 8 heteroatoms. The summed E-state index contributed by atoms with van der Waals surface area (Å²) in [6, 6.07) is 3.49. The highest BCUT2D eigenvalue weighted by atomic mass is 16.6. The quantitative estimate of drug-likeness (QED) is 0.788. The predicted octanol–water partition coefficient (Wildman–Crippen LogP) is 2.59. The summed E-state index contributed by atoms with van der Waals surface area (Å²) in [5, 5.41) is 11.0. The SMILES string of the molecule is O=C(NCCC1CC1)Oc1ccc(N2CCN(C(=O)C3CCCCC3)CC2)nn1. The van der Waals surface area contributed by atoms with Crippen molar-refractivity contribution in [3.63, 3.8) is 0 Å². The zero-order valence-electron chi connectivity index (χ0n) is 17.0. The molecule has 1 aliphatic heterocycles. The number of ether oxygens (including phenoxy) is 1. The topological polar surface area (TPSA) is 87.7 Å². The highest BCUT2D eigenvalue weighted by Gasteiger charge is 2.29. The number of amides is 2. The number of carbonyl (C=O) groups is 2. The van der Waals surface area contributed by atoms with E-state index in [0.29, 0.717) is 12.5 Å². The molecule has 1 N–H and O–H groups in total. The summed E-state index contributed by atoms with van der Waals surface area (Å²) in [6.45, 7) is 3.57. The van der Waals surface area contributed by atoms with Crippen molar-refractivity contribution in [1.29, 1.82) is 0 Å². The van der Waals surface area contributed by atoms with Gasteiger partial charge in [0.25, 0.3) is 0 Å². The Morgan fingerprint density at radius 1 is 1.00 bits per heavy atom. The summed E-state index contributed by atoms with van der Waals surface area (Å²) in [6.07, 6.45) is 8.77. The summed E-state index contributed by atoms with van der Waals surface area (Å²) < 4.78 is 5.18. The molecule has 1 aromatic heterocycles. The second kappa shape index (κ2) is 9.41. The lowest BCUT2D eigenvalue weighted by atomic mass is 9.88. The molecule has 0 bridgehead atoms. The largest absolute Gasteiger partial charge is 0.413 e. The molecule has 2 saturated carbocycles. The lowest BCUT2D eigenvalue weighted by Gasteiger charge is -2.37. The molecule has 0 radical (unpaired) electrons. The molecule has 2 aliphatic carbocycles. The number of aromatic nitrogens is 2. The van der Waals surface area contributed by atoms with E-state index in [0.717, 1.165) is 57.2 Å². The van der Waals surface area contributed by atoms with E-state index in [4.69, 9.17) is 4.74 Å². The molecule has 1 aromatic rings. The van der Waals surface area contributed by atoms with Crippen LogP contribution in [0.15, 0.2) is 12.1 Å². The molecule has 8 nitrogen and oxygen atoms in total. The molecule has 4 rings (SSSR count). The molecular weight excluding hydrogens is 370 g/mol. The summed E-state index contributed by atoms with van der Waals surface area (Å²) in [5.41, 5.74) is 0. The predicted molar refractivity (Wildman–Crippen MR) is 109 cm³/mol. The van der Waals surface area contributed by atoms with E-state index in [1.807, 2.05) is 11.0 Å². The number of hydrogen-bond acceptors (Lipinski definition) is 6. The molecule has 158 valence electrons. The van der Waals surface area contributed by atoms with E-state index in [2.05, 4.69) is 20.4 Å². The zero-order chi connectivity index (χ0) is 20.1. The molecular formula is C21H31N5O3. The minimum absolute atomic E-state index is 0.198. The van der Waals surface area contributed by atoms with Crippen molar-refractivity contribution in [2.45, 2.75) is 51.4 Å². The minimum atomic E-state index is -0.484. The lowest BCUT2D eigenvalue weighted by Crippen LogP contribution is -2.50. The summed E-state index contributed by atoms with van der Waals surface area (Å²) in [4.78, 5) is 28.6. The van der Waals surface area contributed by atoms with Gasteiger partial charge in [0.1, 0.15) is 0 Å². The Morgan fingerprint density at radius 2 is 1.76 bits per heavy atom. The van der Waals surface area contributed by atoms with E-state index >= 15 is 0 Å². The van der Waals surface area contributed by atoms with Crippen molar-refractivity contribution in [2.24, 2.45) is 11.8 Å². The van der Waals surface area contributed by atoms with Crippen molar-refractivity contribution >= 4 is 17.8 Å². The van der Waals surface area contributed by atoms with Crippen LogP contribution in [0.5, 0.6) is 5.88 Å². The van der Waals surface area contributed by atoms with Crippen molar-refractivity contribution < 1.29 is 14.3 Å². The number of anilines is 1. The zero-order valence-corrected chi connectivity index (χ0v) is 17.0. The van der Waals surface area contributed by atoms with Gasteiger partial charge in [-0.3, -0.25) is 4.79 Å². The second-order valence-electron chi connectivity index (χ2n) is 8.43. The average Bonchev–Trinajstić information content (AvgIpc) is 3.59. The molecule has 29 heavy (non-hydrogen) atoms. The van der Waals surface area contributed by atoms with Gasteiger partial charge in [-0.05, 0) is 31.2 Å². The van der Waals surface area contributed by atoms with Crippen molar-refractivity contribution in [2.75, 3.05) is 37.6 Å². The first kappa shape index (κ1) is 19.9. The number of rotatable bonds is 6. The average molecular weight is 402 g/mol. The first-order valence-electron chi connectivity index (χ1n) is 11.0. The molecule has 2 heterocycles. The molecule has 0 aromatic carbocycles. The lowest BCUT2D eigenvalue weighted by molar-refractivity contribution is -0.136. The first-order chi connectivity index (χ1) is 14.2. The maximum atomic E-state index is 12.7. The molecule has 0 unspecified atom stereocenters. The Morgan fingerprint density at radius 3 is 2.41 bits per heavy atom. The Kier molecular flexibility index (Phi) is 6.46. The maximum Gasteiger partial charge on any atom is 0.413 e. The molecule has 3 aliphatic rings. The van der Waals surface area contributed by atoms with Crippen LogP contribution in [0, 0.1) is 11.8 Å². The standard InChI is InChI=1S/C21H31N5O3/c27-20(17-4-2-1-3-5-17)26-14-12-25(13-15-26)18-8-9-19(24-23-18)29-21(28)22-11-10-16-6-7-16/h8-9,16-17H,1-7,10-15H2,(H,22,28). The number of hydrogen-bond donors (Lipinski definition) is 1. The van der Waals surface area contributed by atoms with E-state index in [1.54, 1.807) is 6.07 Å². The summed E-state index contributed by atoms with van der Waals surface area (Å²) in [5.74, 6) is 2.27. The van der Waals surface area contributed by atoms with Crippen LogP contribution < -0.4 is 15.0 Å².